The van der Waals surface area contributed by atoms with Crippen LogP contribution < -0.4 is 10.2 Å². The summed E-state index contributed by atoms with van der Waals surface area (Å²) in [5.74, 6) is 1.67. The summed E-state index contributed by atoms with van der Waals surface area (Å²) in [6.45, 7) is 12.0. The molecule has 1 N–H and O–H groups in total. The van der Waals surface area contributed by atoms with Gasteiger partial charge in [0.1, 0.15) is 5.82 Å². The highest BCUT2D eigenvalue weighted by Gasteiger charge is 2.24. The van der Waals surface area contributed by atoms with Crippen LogP contribution in [0.1, 0.15) is 41.0 Å². The first kappa shape index (κ1) is 14.7. The van der Waals surface area contributed by atoms with Gasteiger partial charge < -0.3 is 10.2 Å². The van der Waals surface area contributed by atoms with E-state index in [0.29, 0.717) is 12.0 Å². The van der Waals surface area contributed by atoms with Crippen LogP contribution >= 0.6 is 0 Å². The first-order valence-electron chi connectivity index (χ1n) is 6.66. The van der Waals surface area contributed by atoms with E-state index in [1.807, 2.05) is 12.3 Å². The van der Waals surface area contributed by atoms with E-state index < -0.39 is 0 Å². The highest BCUT2D eigenvalue weighted by Crippen LogP contribution is 2.26. The van der Waals surface area contributed by atoms with Crippen molar-refractivity contribution >= 4 is 11.8 Å². The second-order valence-electron chi connectivity index (χ2n) is 5.82. The number of aromatic nitrogens is 2. The molecule has 0 aliphatic heterocycles. The third-order valence-corrected chi connectivity index (χ3v) is 3.37. The minimum absolute atomic E-state index is 0.219. The highest BCUT2D eigenvalue weighted by atomic mass is 15.2. The Kier molecular flexibility index (Phi) is 4.93. The zero-order valence-electron chi connectivity index (χ0n) is 12.5. The van der Waals surface area contributed by atoms with Gasteiger partial charge in [0.05, 0.1) is 0 Å². The summed E-state index contributed by atoms with van der Waals surface area (Å²) in [4.78, 5) is 11.0. The van der Waals surface area contributed by atoms with Gasteiger partial charge >= 0.3 is 0 Å². The van der Waals surface area contributed by atoms with E-state index in [2.05, 4.69) is 61.9 Å². The lowest BCUT2D eigenvalue weighted by molar-refractivity contribution is 0.328. The molecule has 102 valence electrons. The zero-order chi connectivity index (χ0) is 13.8. The van der Waals surface area contributed by atoms with Crippen LogP contribution in [-0.2, 0) is 0 Å². The van der Waals surface area contributed by atoms with Crippen molar-refractivity contribution in [1.29, 1.82) is 0 Å². The standard InChI is InChI=1S/C14H26N4/c1-7-9-15-13-16-10-8-12(17-13)18(6)11(2)14(3,4)5/h8,10-11H,7,9H2,1-6H3,(H,15,16,17). The van der Waals surface area contributed by atoms with Crippen molar-refractivity contribution in [3.05, 3.63) is 12.3 Å². The van der Waals surface area contributed by atoms with E-state index in [0.717, 1.165) is 18.8 Å². The molecule has 0 aliphatic carbocycles. The Morgan fingerprint density at radius 3 is 2.61 bits per heavy atom. The summed E-state index contributed by atoms with van der Waals surface area (Å²) in [5.41, 5.74) is 0.219. The van der Waals surface area contributed by atoms with Crippen LogP contribution in [0.5, 0.6) is 0 Å². The first-order valence-corrected chi connectivity index (χ1v) is 6.66. The van der Waals surface area contributed by atoms with Gasteiger partial charge in [0.15, 0.2) is 0 Å². The molecule has 0 saturated heterocycles. The number of hydrogen-bond donors (Lipinski definition) is 1. The molecule has 0 amide bonds. The van der Waals surface area contributed by atoms with E-state index in [-0.39, 0.29) is 5.41 Å². The number of rotatable bonds is 5. The topological polar surface area (TPSA) is 41.1 Å². The van der Waals surface area contributed by atoms with Crippen molar-refractivity contribution in [2.45, 2.75) is 47.1 Å². The Balaban J connectivity index is 2.82. The Morgan fingerprint density at radius 1 is 1.39 bits per heavy atom. The lowest BCUT2D eigenvalue weighted by atomic mass is 9.87. The number of hydrogen-bond acceptors (Lipinski definition) is 4. The van der Waals surface area contributed by atoms with Crippen molar-refractivity contribution in [2.24, 2.45) is 5.41 Å². The Bertz CT molecular complexity index is 370. The average molecular weight is 250 g/mol. The van der Waals surface area contributed by atoms with Crippen molar-refractivity contribution in [2.75, 3.05) is 23.8 Å². The summed E-state index contributed by atoms with van der Waals surface area (Å²) in [6.07, 6.45) is 2.88. The highest BCUT2D eigenvalue weighted by molar-refractivity contribution is 5.42. The molecule has 18 heavy (non-hydrogen) atoms. The summed E-state index contributed by atoms with van der Waals surface area (Å²) in [5, 5.41) is 3.22. The summed E-state index contributed by atoms with van der Waals surface area (Å²) < 4.78 is 0. The Hall–Kier alpha value is -1.32. The number of anilines is 2. The van der Waals surface area contributed by atoms with Gasteiger partial charge in [-0.3, -0.25) is 0 Å². The molecule has 0 fully saturated rings. The van der Waals surface area contributed by atoms with Crippen molar-refractivity contribution in [1.82, 2.24) is 9.97 Å². The molecule has 4 nitrogen and oxygen atoms in total. The van der Waals surface area contributed by atoms with Crippen LogP contribution in [0.3, 0.4) is 0 Å². The van der Waals surface area contributed by atoms with Crippen LogP contribution in [0.15, 0.2) is 12.3 Å². The van der Waals surface area contributed by atoms with Gasteiger partial charge in [0.2, 0.25) is 5.95 Å². The lowest BCUT2D eigenvalue weighted by Gasteiger charge is -2.36. The fraction of sp³-hybridized carbons (Fsp3) is 0.714. The fourth-order valence-corrected chi connectivity index (χ4v) is 1.65. The Morgan fingerprint density at radius 2 is 2.06 bits per heavy atom. The van der Waals surface area contributed by atoms with Crippen molar-refractivity contribution in [3.63, 3.8) is 0 Å². The maximum atomic E-state index is 4.55. The van der Waals surface area contributed by atoms with Crippen molar-refractivity contribution < 1.29 is 0 Å². The first-order chi connectivity index (χ1) is 8.36. The van der Waals surface area contributed by atoms with Crippen LogP contribution in [0.4, 0.5) is 11.8 Å². The van der Waals surface area contributed by atoms with E-state index in [4.69, 9.17) is 0 Å². The zero-order valence-corrected chi connectivity index (χ0v) is 12.5. The molecule has 0 aromatic carbocycles. The Labute approximate surface area is 111 Å². The second kappa shape index (κ2) is 6.03. The van der Waals surface area contributed by atoms with Crippen LogP contribution in [0, 0.1) is 5.41 Å². The fourth-order valence-electron chi connectivity index (χ4n) is 1.65. The molecule has 0 aliphatic rings. The smallest absolute Gasteiger partial charge is 0.224 e. The minimum Gasteiger partial charge on any atom is -0.356 e. The molecular formula is C14H26N4. The van der Waals surface area contributed by atoms with Gasteiger partial charge in [-0.2, -0.15) is 4.98 Å². The summed E-state index contributed by atoms with van der Waals surface area (Å²) >= 11 is 0. The largest absolute Gasteiger partial charge is 0.356 e. The molecule has 0 saturated carbocycles. The SMILES string of the molecule is CCCNc1nccc(N(C)C(C)C(C)(C)C)n1. The normalized spacial score (nSPS) is 13.2. The van der Waals surface area contributed by atoms with E-state index in [1.165, 1.54) is 0 Å². The van der Waals surface area contributed by atoms with Gasteiger partial charge in [-0.1, -0.05) is 27.7 Å². The second-order valence-corrected chi connectivity index (χ2v) is 5.82. The van der Waals surface area contributed by atoms with Gasteiger partial charge in [0, 0.05) is 25.8 Å². The molecule has 1 aromatic rings. The predicted molar refractivity (Wildman–Crippen MR) is 78.1 cm³/mol. The quantitative estimate of drug-likeness (QED) is 0.871. The van der Waals surface area contributed by atoms with Gasteiger partial charge in [-0.15, -0.1) is 0 Å². The molecule has 0 bridgehead atoms. The maximum absolute atomic E-state index is 4.55. The van der Waals surface area contributed by atoms with Crippen molar-refractivity contribution in [3.8, 4) is 0 Å². The summed E-state index contributed by atoms with van der Waals surface area (Å²) in [6, 6.07) is 2.37. The van der Waals surface area contributed by atoms with E-state index >= 15 is 0 Å². The molecule has 0 spiro atoms. The molecule has 1 aromatic heterocycles. The van der Waals surface area contributed by atoms with E-state index in [9.17, 15) is 0 Å². The van der Waals surface area contributed by atoms with E-state index in [1.54, 1.807) is 0 Å². The van der Waals surface area contributed by atoms with Crippen LogP contribution in [0.2, 0.25) is 0 Å². The third-order valence-electron chi connectivity index (χ3n) is 3.37. The average Bonchev–Trinajstić information content (AvgIpc) is 2.33. The van der Waals surface area contributed by atoms with Gasteiger partial charge in [-0.25, -0.2) is 4.98 Å². The minimum atomic E-state index is 0.219. The predicted octanol–water partition coefficient (Wildman–Crippen LogP) is 3.17. The molecule has 0 radical (unpaired) electrons. The molecule has 1 atom stereocenters. The number of nitrogens with one attached hydrogen (secondary N) is 1. The van der Waals surface area contributed by atoms with Gasteiger partial charge in [-0.05, 0) is 24.8 Å². The third kappa shape index (κ3) is 3.86. The van der Waals surface area contributed by atoms with Crippen LogP contribution in [-0.4, -0.2) is 29.6 Å². The maximum Gasteiger partial charge on any atom is 0.224 e. The molecule has 1 heterocycles. The summed E-state index contributed by atoms with van der Waals surface area (Å²) in [7, 11) is 2.09. The molecule has 1 rings (SSSR count). The monoisotopic (exact) mass is 250 g/mol. The molecule has 1 unspecified atom stereocenters. The molecule has 4 heteroatoms. The lowest BCUT2D eigenvalue weighted by Crippen LogP contribution is -2.39. The number of nitrogens with zero attached hydrogens (tertiary/aromatic N) is 3. The molecular weight excluding hydrogens is 224 g/mol. The van der Waals surface area contributed by atoms with Gasteiger partial charge in [0.25, 0.3) is 0 Å². The van der Waals surface area contributed by atoms with Crippen LogP contribution in [0.25, 0.3) is 0 Å².